The third-order valence-corrected chi connectivity index (χ3v) is 24.2. The first-order chi connectivity index (χ1) is 46.0. The van der Waals surface area contributed by atoms with Gasteiger partial charge in [0.1, 0.15) is 18.5 Å². The molecule has 16 fully saturated rings. The molecule has 12 aliphatic carbocycles. The maximum atomic E-state index is 13.7. The summed E-state index contributed by atoms with van der Waals surface area (Å²) in [6.07, 6.45) is 14.2. The van der Waals surface area contributed by atoms with Crippen molar-refractivity contribution in [2.45, 2.75) is 260 Å². The molecule has 16 rings (SSSR count). The van der Waals surface area contributed by atoms with Crippen LogP contribution in [0.4, 0.5) is 0 Å². The summed E-state index contributed by atoms with van der Waals surface area (Å²) in [6.45, 7) is 8.29. The zero-order chi connectivity index (χ0) is 71.0. The number of ketones is 1. The van der Waals surface area contributed by atoms with Gasteiger partial charge in [0.25, 0.3) is 0 Å². The number of carboxylic acid groups (broad SMARTS) is 4. The van der Waals surface area contributed by atoms with E-state index in [9.17, 15) is 69.3 Å². The van der Waals surface area contributed by atoms with Crippen molar-refractivity contribution in [3.63, 3.8) is 0 Å². The van der Waals surface area contributed by atoms with Gasteiger partial charge in [-0.1, -0.05) is 0 Å². The van der Waals surface area contributed by atoms with Crippen molar-refractivity contribution in [3.8, 4) is 0 Å². The summed E-state index contributed by atoms with van der Waals surface area (Å²) in [5, 5.41) is 102. The molecule has 0 radical (unpaired) electrons. The number of rotatable bonds is 25. The van der Waals surface area contributed by atoms with Gasteiger partial charge in [-0.15, -0.1) is 0 Å². The molecule has 0 aromatic rings. The number of Topliss-reactive ketones (excluding diaryl/α,β-unsaturated/α-hetero) is 1. The molecule has 0 aromatic heterocycles. The monoisotopic (exact) mass is 1390 g/mol. The van der Waals surface area contributed by atoms with Gasteiger partial charge in [-0.2, -0.15) is 0 Å². The Labute approximate surface area is 572 Å². The highest BCUT2D eigenvalue weighted by molar-refractivity contribution is 5.85. The van der Waals surface area contributed by atoms with Gasteiger partial charge >= 0.3 is 11.9 Å². The lowest BCUT2D eigenvalue weighted by molar-refractivity contribution is -0.321. The van der Waals surface area contributed by atoms with Crippen LogP contribution in [0.1, 0.15) is 207 Å². The fourth-order valence-electron chi connectivity index (χ4n) is 20.2. The summed E-state index contributed by atoms with van der Waals surface area (Å²) in [5.41, 5.74) is -4.58. The maximum absolute atomic E-state index is 13.7. The molecule has 27 heteroatoms. The molecule has 98 heavy (non-hydrogen) atoms. The Balaban J connectivity index is 0.000000157. The van der Waals surface area contributed by atoms with Gasteiger partial charge in [0, 0.05) is 73.2 Å². The van der Waals surface area contributed by atoms with Gasteiger partial charge in [0.15, 0.2) is 23.1 Å². The number of aliphatic hydroxyl groups is 6. The summed E-state index contributed by atoms with van der Waals surface area (Å²) in [5.74, 6) is -6.46. The van der Waals surface area contributed by atoms with E-state index in [-0.39, 0.29) is 134 Å². The number of esters is 2. The van der Waals surface area contributed by atoms with E-state index in [0.717, 1.165) is 96.3 Å². The molecule has 9 atom stereocenters. The van der Waals surface area contributed by atoms with Crippen LogP contribution in [0.5, 0.6) is 0 Å². The van der Waals surface area contributed by atoms with Crippen LogP contribution in [-0.2, 0) is 80.9 Å². The highest BCUT2D eigenvalue weighted by Gasteiger charge is 2.64. The Morgan fingerprint density at radius 2 is 0.735 bits per heavy atom. The molecule has 12 saturated carbocycles. The molecule has 4 aliphatic heterocycles. The Hall–Kier alpha value is -4.07. The van der Waals surface area contributed by atoms with E-state index in [1.165, 1.54) is 0 Å². The fraction of sp³-hybridized carbons (Fsp3) is 0.901. The van der Waals surface area contributed by atoms with Crippen molar-refractivity contribution >= 4 is 41.6 Å². The molecule has 0 spiro atoms. The minimum absolute atomic E-state index is 0.00831. The zero-order valence-electron chi connectivity index (χ0n) is 57.6. The van der Waals surface area contributed by atoms with E-state index in [0.29, 0.717) is 87.6 Å². The Morgan fingerprint density at radius 3 is 1.09 bits per heavy atom. The average Bonchev–Trinajstić information content (AvgIpc) is 0.784. The second kappa shape index (κ2) is 30.0. The molecule has 556 valence electrons. The lowest BCUT2D eigenvalue weighted by atomic mass is 9.46. The van der Waals surface area contributed by atoms with E-state index >= 15 is 0 Å². The third-order valence-electron chi connectivity index (χ3n) is 24.2. The predicted octanol–water partition coefficient (Wildman–Crippen LogP) is 0.480. The first kappa shape index (κ1) is 76.6. The molecule has 0 aromatic carbocycles. The first-order valence-electron chi connectivity index (χ1n) is 35.8. The minimum Gasteiger partial charge on any atom is -0.550 e. The normalized spacial score (nSPS) is 42.3. The fourth-order valence-corrected chi connectivity index (χ4v) is 20.2. The Kier molecular flexibility index (Phi) is 23.4. The van der Waals surface area contributed by atoms with Crippen LogP contribution in [0.25, 0.3) is 0 Å². The number of carboxylic acids is 4. The van der Waals surface area contributed by atoms with E-state index in [4.69, 9.17) is 62.7 Å². The van der Waals surface area contributed by atoms with Gasteiger partial charge in [0.05, 0.1) is 105 Å². The smallest absolute Gasteiger partial charge is 0.312 e. The zero-order valence-corrected chi connectivity index (χ0v) is 57.6. The number of aliphatic carboxylic acids is 4. The van der Waals surface area contributed by atoms with E-state index in [1.807, 2.05) is 0 Å². The van der Waals surface area contributed by atoms with Crippen molar-refractivity contribution in [1.82, 2.24) is 0 Å². The molecule has 4 heterocycles. The summed E-state index contributed by atoms with van der Waals surface area (Å²) >= 11 is 0. The SMILES string of the molecule is CC1(CCC(=O)[O-])OC(CCC(=O)C23CC4CC(CC(O)(C4)C2)C3)C(COC(=O)C23CC4CC(CC(O)(C4)C2)C3)O1.CC1(CCC(=O)[O-])OCC(CO)(CO)CO1.CC1(CCC(=O)[O-])OCC(CO)CO1.CC1(CCC(=O)[O-])OCC(COC(=O)C23CC4CC(CC(O)(C4)C2)C3)CO1. The topological polar surface area (TPSA) is 425 Å². The van der Waals surface area contributed by atoms with Crippen molar-refractivity contribution in [2.75, 3.05) is 72.7 Å². The third kappa shape index (κ3) is 18.5. The highest BCUT2D eigenvalue weighted by atomic mass is 16.8. The summed E-state index contributed by atoms with van der Waals surface area (Å²) in [7, 11) is 0. The molecule has 9 unspecified atom stereocenters. The Morgan fingerprint density at radius 1 is 0.408 bits per heavy atom. The average molecular weight is 1390 g/mol. The van der Waals surface area contributed by atoms with Gasteiger partial charge in [0.2, 0.25) is 0 Å². The van der Waals surface area contributed by atoms with Crippen LogP contribution >= 0.6 is 0 Å². The lowest BCUT2D eigenvalue weighted by Gasteiger charge is -2.59. The maximum Gasteiger partial charge on any atom is 0.312 e. The van der Waals surface area contributed by atoms with E-state index in [1.54, 1.807) is 27.7 Å². The van der Waals surface area contributed by atoms with Gasteiger partial charge in [-0.05, 0) is 211 Å². The summed E-state index contributed by atoms with van der Waals surface area (Å²) in [4.78, 5) is 82.5. The first-order valence-corrected chi connectivity index (χ1v) is 35.8. The number of carbonyl (C=O) groups excluding carboxylic acids is 7. The summed E-state index contributed by atoms with van der Waals surface area (Å²) in [6, 6.07) is 0. The van der Waals surface area contributed by atoms with E-state index in [2.05, 4.69) is 0 Å². The van der Waals surface area contributed by atoms with Crippen molar-refractivity contribution in [3.05, 3.63) is 0 Å². The number of aliphatic hydroxyl groups excluding tert-OH is 3. The molecule has 6 N–H and O–H groups in total. The summed E-state index contributed by atoms with van der Waals surface area (Å²) < 4.78 is 56.9. The second-order valence-electron chi connectivity index (χ2n) is 33.4. The molecule has 4 saturated heterocycles. The largest absolute Gasteiger partial charge is 0.550 e. The molecular weight excluding hydrogens is 1280 g/mol. The highest BCUT2D eigenvalue weighted by Crippen LogP contribution is 2.65. The molecule has 16 aliphatic rings. The lowest BCUT2D eigenvalue weighted by Crippen LogP contribution is -2.58. The van der Waals surface area contributed by atoms with Crippen LogP contribution in [-0.4, -0.2) is 197 Å². The standard InChI is InChI=1S/C32H46O9.C20H30O7.C10H18O6.C9H16O5/c1-28(5-4-26(34)35)40-23(2-3-25(33)29-8-19-6-20(9-29)13-31(37,12-19)17-29)24(41-28)16-39-27(36)30-10-21-7-22(11-30)15-32(38,14-21)18-30;1-18(3-2-16(21)22)26-10-15(11-27-18)9-25-17(23)19-5-13-4-14(6-19)8-20(24,7-13)12-19;1-9(3-2-8(13)14)15-6-10(4-11,5-12)7-16-9;1-9(3-2-8(11)12)13-5-7(4-10)6-14-9/h19-24,37-38H,2-18H2,1H3,(H,34,35);13-15,24H,2-12H2,1H3,(H,21,22);11-12H,2-7H2,1H3,(H,13,14);7,10H,2-6H2,1H3,(H,11,12)/p-4. The molecule has 27 nitrogen and oxygen atoms in total. The van der Waals surface area contributed by atoms with Crippen LogP contribution in [0.2, 0.25) is 0 Å². The molecule has 0 amide bonds. The van der Waals surface area contributed by atoms with Crippen molar-refractivity contribution in [2.24, 2.45) is 69.0 Å². The van der Waals surface area contributed by atoms with Crippen LogP contribution in [0, 0.1) is 69.0 Å². The molecular formula is C71H106O27-4. The number of carbonyl (C=O) groups is 7. The van der Waals surface area contributed by atoms with Crippen LogP contribution in [0.15, 0.2) is 0 Å². The van der Waals surface area contributed by atoms with Gasteiger partial charge < -0.3 is 118 Å². The van der Waals surface area contributed by atoms with Gasteiger partial charge in [-0.25, -0.2) is 0 Å². The van der Waals surface area contributed by atoms with Crippen LogP contribution < -0.4 is 20.4 Å². The van der Waals surface area contributed by atoms with Crippen molar-refractivity contribution in [1.29, 1.82) is 0 Å². The van der Waals surface area contributed by atoms with Crippen molar-refractivity contribution < 1.29 is 132 Å². The number of hydrogen-bond acceptors (Lipinski definition) is 27. The second-order valence-corrected chi connectivity index (χ2v) is 33.4. The number of ether oxygens (including phenoxy) is 10. The molecule has 12 bridgehead atoms. The van der Waals surface area contributed by atoms with E-state index < -0.39 is 97.7 Å². The number of hydrogen-bond donors (Lipinski definition) is 6. The predicted molar refractivity (Wildman–Crippen MR) is 329 cm³/mol. The minimum atomic E-state index is -1.19. The van der Waals surface area contributed by atoms with Crippen LogP contribution in [0.3, 0.4) is 0 Å². The quantitative estimate of drug-likeness (QED) is 0.0677. The Bertz CT molecular complexity index is 2710. The van der Waals surface area contributed by atoms with Gasteiger partial charge in [-0.3, -0.25) is 14.4 Å².